The van der Waals surface area contributed by atoms with Crippen LogP contribution in [0.2, 0.25) is 0 Å². The number of rotatable bonds is 4. The van der Waals surface area contributed by atoms with Gasteiger partial charge in [0.05, 0.1) is 5.56 Å². The molecular formula is C30H31N2O+. The Labute approximate surface area is 195 Å². The largest absolute Gasteiger partial charge is 0.437 e. The summed E-state index contributed by atoms with van der Waals surface area (Å²) >= 11 is 0. The summed E-state index contributed by atoms with van der Waals surface area (Å²) in [5.41, 5.74) is 9.89. The zero-order valence-electron chi connectivity index (χ0n) is 20.3. The third-order valence-corrected chi connectivity index (χ3v) is 6.65. The lowest BCUT2D eigenvalue weighted by Gasteiger charge is -2.09. The predicted molar refractivity (Wildman–Crippen MR) is 136 cm³/mol. The number of fused-ring (bicyclic) bond motifs is 3. The zero-order valence-corrected chi connectivity index (χ0v) is 20.3. The second-order valence-corrected chi connectivity index (χ2v) is 9.67. The molecule has 33 heavy (non-hydrogen) atoms. The Balaban J connectivity index is 1.70. The minimum absolute atomic E-state index is 0.361. The maximum atomic E-state index is 6.43. The van der Waals surface area contributed by atoms with Crippen LogP contribution in [-0.4, -0.2) is 4.98 Å². The fourth-order valence-corrected chi connectivity index (χ4v) is 4.53. The molecule has 0 saturated carbocycles. The summed E-state index contributed by atoms with van der Waals surface area (Å²) < 4.78 is 8.60. The summed E-state index contributed by atoms with van der Waals surface area (Å²) in [5, 5.41) is 2.18. The molecule has 3 nitrogen and oxygen atoms in total. The van der Waals surface area contributed by atoms with E-state index in [9.17, 15) is 0 Å². The molecule has 0 atom stereocenters. The van der Waals surface area contributed by atoms with Gasteiger partial charge >= 0.3 is 0 Å². The van der Waals surface area contributed by atoms with Crippen molar-refractivity contribution in [2.24, 2.45) is 7.05 Å². The van der Waals surface area contributed by atoms with Crippen LogP contribution in [0, 0.1) is 6.92 Å². The highest BCUT2D eigenvalue weighted by molar-refractivity contribution is 6.08. The monoisotopic (exact) mass is 435 g/mol. The Morgan fingerprint density at radius 2 is 1.52 bits per heavy atom. The van der Waals surface area contributed by atoms with E-state index in [1.807, 2.05) is 0 Å². The van der Waals surface area contributed by atoms with Crippen molar-refractivity contribution in [2.75, 3.05) is 0 Å². The first-order valence-corrected chi connectivity index (χ1v) is 11.8. The molecular weight excluding hydrogens is 404 g/mol. The quantitative estimate of drug-likeness (QED) is 0.271. The lowest BCUT2D eigenvalue weighted by Crippen LogP contribution is -2.30. The highest BCUT2D eigenvalue weighted by Crippen LogP contribution is 2.37. The summed E-state index contributed by atoms with van der Waals surface area (Å²) in [6.07, 6.45) is 2.14. The van der Waals surface area contributed by atoms with E-state index in [0.717, 1.165) is 33.3 Å². The van der Waals surface area contributed by atoms with E-state index in [0.29, 0.717) is 17.5 Å². The average Bonchev–Trinajstić information content (AvgIpc) is 3.17. The van der Waals surface area contributed by atoms with Gasteiger partial charge in [0.1, 0.15) is 7.05 Å². The number of aromatic nitrogens is 2. The van der Waals surface area contributed by atoms with Crippen molar-refractivity contribution in [3.63, 3.8) is 0 Å². The van der Waals surface area contributed by atoms with Gasteiger partial charge in [-0.2, -0.15) is 0 Å². The maximum Gasteiger partial charge on any atom is 0.227 e. The standard InChI is InChI=1S/C30H31N2O/c1-18(2)21-8-10-22(11-9-21)23-15-16-32(6)27(17-23)28-20(5)7-12-24-25-13-14-26(19(3)4)31-30(25)33-29(24)28/h7-19H,1-6H3/q+1. The second kappa shape index (κ2) is 8.15. The molecule has 166 valence electrons. The number of aryl methyl sites for hydroxylation is 2. The predicted octanol–water partition coefficient (Wildman–Crippen LogP) is 7.69. The summed E-state index contributed by atoms with van der Waals surface area (Å²) in [6.45, 7) is 10.9. The Bertz CT molecular complexity index is 1470. The molecule has 0 saturated heterocycles. The molecule has 0 unspecified atom stereocenters. The van der Waals surface area contributed by atoms with E-state index in [4.69, 9.17) is 9.40 Å². The molecule has 0 aliphatic carbocycles. The minimum Gasteiger partial charge on any atom is -0.437 e. The number of hydrogen-bond donors (Lipinski definition) is 0. The first-order valence-electron chi connectivity index (χ1n) is 11.8. The van der Waals surface area contributed by atoms with Crippen LogP contribution in [0.15, 0.2) is 71.3 Å². The van der Waals surface area contributed by atoms with Crippen molar-refractivity contribution in [1.82, 2.24) is 4.98 Å². The van der Waals surface area contributed by atoms with E-state index in [-0.39, 0.29) is 0 Å². The highest BCUT2D eigenvalue weighted by Gasteiger charge is 2.22. The van der Waals surface area contributed by atoms with Crippen LogP contribution in [0.4, 0.5) is 0 Å². The molecule has 0 spiro atoms. The lowest BCUT2D eigenvalue weighted by atomic mass is 9.96. The van der Waals surface area contributed by atoms with Crippen molar-refractivity contribution in [1.29, 1.82) is 0 Å². The molecule has 0 radical (unpaired) electrons. The van der Waals surface area contributed by atoms with Gasteiger partial charge in [0, 0.05) is 28.6 Å². The van der Waals surface area contributed by atoms with Crippen LogP contribution in [0.25, 0.3) is 44.5 Å². The van der Waals surface area contributed by atoms with Gasteiger partial charge in [-0.05, 0) is 53.1 Å². The Morgan fingerprint density at radius 1 is 0.788 bits per heavy atom. The molecule has 5 aromatic rings. The van der Waals surface area contributed by atoms with E-state index >= 15 is 0 Å². The SMILES string of the molecule is Cc1ccc2c(oc3nc(C(C)C)ccc32)c1-c1cc(-c2ccc(C(C)C)cc2)cc[n+]1C. The lowest BCUT2D eigenvalue weighted by molar-refractivity contribution is -0.660. The molecule has 0 aliphatic rings. The average molecular weight is 436 g/mol. The Hall–Kier alpha value is -3.46. The molecule has 2 aromatic carbocycles. The van der Waals surface area contributed by atoms with Crippen LogP contribution in [0.3, 0.4) is 0 Å². The van der Waals surface area contributed by atoms with Crippen LogP contribution in [0.1, 0.15) is 56.4 Å². The van der Waals surface area contributed by atoms with E-state index in [1.54, 1.807) is 0 Å². The minimum atomic E-state index is 0.361. The van der Waals surface area contributed by atoms with Crippen LogP contribution in [0.5, 0.6) is 0 Å². The van der Waals surface area contributed by atoms with Gasteiger partial charge in [0.2, 0.25) is 11.4 Å². The zero-order chi connectivity index (χ0) is 23.3. The van der Waals surface area contributed by atoms with Gasteiger partial charge in [-0.25, -0.2) is 9.55 Å². The summed E-state index contributed by atoms with van der Waals surface area (Å²) in [5.74, 6) is 0.890. The third-order valence-electron chi connectivity index (χ3n) is 6.65. The normalized spacial score (nSPS) is 11.9. The van der Waals surface area contributed by atoms with Gasteiger partial charge in [-0.3, -0.25) is 0 Å². The molecule has 5 rings (SSSR count). The van der Waals surface area contributed by atoms with Crippen molar-refractivity contribution in [3.05, 3.63) is 83.7 Å². The van der Waals surface area contributed by atoms with E-state index in [1.165, 1.54) is 22.3 Å². The number of nitrogens with zero attached hydrogens (tertiary/aromatic N) is 2. The van der Waals surface area contributed by atoms with Gasteiger partial charge in [0.15, 0.2) is 11.8 Å². The van der Waals surface area contributed by atoms with Crippen LogP contribution < -0.4 is 4.57 Å². The first-order chi connectivity index (χ1) is 15.8. The molecule has 0 N–H and O–H groups in total. The molecule has 0 bridgehead atoms. The molecule has 0 fully saturated rings. The van der Waals surface area contributed by atoms with Crippen molar-refractivity contribution >= 4 is 22.1 Å². The molecule has 3 heteroatoms. The summed E-state index contributed by atoms with van der Waals surface area (Å²) in [4.78, 5) is 4.81. The Morgan fingerprint density at radius 3 is 2.21 bits per heavy atom. The molecule has 3 heterocycles. The second-order valence-electron chi connectivity index (χ2n) is 9.67. The number of benzene rings is 2. The Kier molecular flexibility index (Phi) is 5.28. The van der Waals surface area contributed by atoms with Gasteiger partial charge < -0.3 is 4.42 Å². The first kappa shape index (κ1) is 21.4. The molecule has 0 aliphatic heterocycles. The molecule has 3 aromatic heterocycles. The summed E-state index contributed by atoms with van der Waals surface area (Å²) in [7, 11) is 2.09. The van der Waals surface area contributed by atoms with Crippen molar-refractivity contribution < 1.29 is 8.98 Å². The fourth-order valence-electron chi connectivity index (χ4n) is 4.53. The third kappa shape index (κ3) is 3.72. The van der Waals surface area contributed by atoms with E-state index < -0.39 is 0 Å². The van der Waals surface area contributed by atoms with Gasteiger partial charge in [0.25, 0.3) is 0 Å². The maximum absolute atomic E-state index is 6.43. The van der Waals surface area contributed by atoms with E-state index in [2.05, 4.69) is 113 Å². The van der Waals surface area contributed by atoms with Gasteiger partial charge in [-0.15, -0.1) is 0 Å². The van der Waals surface area contributed by atoms with Crippen LogP contribution in [-0.2, 0) is 7.05 Å². The fraction of sp³-hybridized carbons (Fsp3) is 0.267. The number of hydrogen-bond acceptors (Lipinski definition) is 2. The number of pyridine rings is 2. The van der Waals surface area contributed by atoms with Gasteiger partial charge in [-0.1, -0.05) is 64.1 Å². The van der Waals surface area contributed by atoms with Crippen LogP contribution >= 0.6 is 0 Å². The van der Waals surface area contributed by atoms with Crippen molar-refractivity contribution in [3.8, 4) is 22.4 Å². The molecule has 0 amide bonds. The highest BCUT2D eigenvalue weighted by atomic mass is 16.3. The van der Waals surface area contributed by atoms with Crippen molar-refractivity contribution in [2.45, 2.75) is 46.5 Å². The number of furan rings is 1. The summed E-state index contributed by atoms with van der Waals surface area (Å²) in [6, 6.07) is 22.0. The topological polar surface area (TPSA) is 29.9 Å². The smallest absolute Gasteiger partial charge is 0.227 e.